The minimum atomic E-state index is -1.12. The van der Waals surface area contributed by atoms with E-state index >= 15 is 0 Å². The number of hydrogen-bond donors (Lipinski definition) is 4. The van der Waals surface area contributed by atoms with E-state index in [0.29, 0.717) is 23.5 Å². The minimum Gasteiger partial charge on any atom is -0.480 e. The minimum absolute atomic E-state index is 0.178. The smallest absolute Gasteiger partial charge is 0.326 e. The summed E-state index contributed by atoms with van der Waals surface area (Å²) in [6.45, 7) is 7.40. The molecule has 0 unspecified atom stereocenters. The van der Waals surface area contributed by atoms with Crippen LogP contribution in [0.1, 0.15) is 40.5 Å². The van der Waals surface area contributed by atoms with Crippen LogP contribution in [0.3, 0.4) is 0 Å². The molecule has 9 nitrogen and oxygen atoms in total. The average Bonchev–Trinajstić information content (AvgIpc) is 2.77. The Morgan fingerprint density at radius 1 is 1.18 bits per heavy atom. The SMILES string of the molecule is CC[C@H](C)[C@H](NC(=O)N1c2ccccc2NC(=O)[C@@H]1C(C)C)C(=O)N[C@H](CCSC)C(=O)O. The lowest BCUT2D eigenvalue weighted by Gasteiger charge is -2.39. The number of fused-ring (bicyclic) bond motifs is 1. The highest BCUT2D eigenvalue weighted by molar-refractivity contribution is 7.98. The van der Waals surface area contributed by atoms with Gasteiger partial charge in [-0.2, -0.15) is 11.8 Å². The van der Waals surface area contributed by atoms with E-state index in [1.807, 2.05) is 34.0 Å². The molecule has 0 fully saturated rings. The number of amides is 4. The highest BCUT2D eigenvalue weighted by Crippen LogP contribution is 2.34. The molecule has 0 saturated carbocycles. The molecule has 33 heavy (non-hydrogen) atoms. The molecule has 4 amide bonds. The van der Waals surface area contributed by atoms with Crippen LogP contribution in [-0.4, -0.2) is 59.1 Å². The molecule has 1 aromatic rings. The van der Waals surface area contributed by atoms with E-state index in [0.717, 1.165) is 0 Å². The standard InChI is InChI=1S/C23H34N4O5S/c1-6-14(4)18(20(28)25-16(22(30)31)11-12-33-5)26-23(32)27-17-10-8-7-9-15(17)24-21(29)19(27)13(2)3/h7-10,13-14,16,18-19H,6,11-12H2,1-5H3,(H,24,29)(H,25,28)(H,26,32)(H,30,31)/t14-,16+,18-,19-/m0/s1. The van der Waals surface area contributed by atoms with Gasteiger partial charge >= 0.3 is 12.0 Å². The van der Waals surface area contributed by atoms with Gasteiger partial charge in [0.05, 0.1) is 11.4 Å². The van der Waals surface area contributed by atoms with Crippen molar-refractivity contribution in [1.82, 2.24) is 10.6 Å². The second-order valence-corrected chi connectivity index (χ2v) is 9.54. The molecule has 0 radical (unpaired) electrons. The lowest BCUT2D eigenvalue weighted by Crippen LogP contribution is -2.61. The van der Waals surface area contributed by atoms with Crippen LogP contribution in [-0.2, 0) is 14.4 Å². The molecule has 4 N–H and O–H groups in total. The molecule has 182 valence electrons. The second kappa shape index (κ2) is 11.9. The van der Waals surface area contributed by atoms with Gasteiger partial charge in [-0.25, -0.2) is 9.59 Å². The fraction of sp³-hybridized carbons (Fsp3) is 0.565. The van der Waals surface area contributed by atoms with Gasteiger partial charge in [0.2, 0.25) is 11.8 Å². The summed E-state index contributed by atoms with van der Waals surface area (Å²) in [4.78, 5) is 52.3. The van der Waals surface area contributed by atoms with Crippen molar-refractivity contribution < 1.29 is 24.3 Å². The zero-order chi connectivity index (χ0) is 24.7. The number of hydrogen-bond acceptors (Lipinski definition) is 5. The number of thioether (sulfide) groups is 1. The molecule has 1 aromatic carbocycles. The molecule has 0 aromatic heterocycles. The summed E-state index contributed by atoms with van der Waals surface area (Å²) in [5.41, 5.74) is 1.06. The maximum atomic E-state index is 13.5. The van der Waals surface area contributed by atoms with Crippen LogP contribution in [0.4, 0.5) is 16.2 Å². The Balaban J connectivity index is 2.32. The van der Waals surface area contributed by atoms with Crippen LogP contribution < -0.4 is 20.9 Å². The van der Waals surface area contributed by atoms with E-state index in [4.69, 9.17) is 0 Å². The Morgan fingerprint density at radius 3 is 2.42 bits per heavy atom. The topological polar surface area (TPSA) is 128 Å². The highest BCUT2D eigenvalue weighted by Gasteiger charge is 2.40. The monoisotopic (exact) mass is 478 g/mol. The molecule has 0 aliphatic carbocycles. The third-order valence-electron chi connectivity index (χ3n) is 5.82. The molecule has 10 heteroatoms. The number of rotatable bonds is 10. The van der Waals surface area contributed by atoms with Gasteiger partial charge in [0.25, 0.3) is 0 Å². The van der Waals surface area contributed by atoms with Crippen molar-refractivity contribution in [2.24, 2.45) is 11.8 Å². The van der Waals surface area contributed by atoms with Crippen molar-refractivity contribution in [3.05, 3.63) is 24.3 Å². The third-order valence-corrected chi connectivity index (χ3v) is 6.46. The summed E-state index contributed by atoms with van der Waals surface area (Å²) >= 11 is 1.49. The Kier molecular flexibility index (Phi) is 9.57. The van der Waals surface area contributed by atoms with Crippen LogP contribution in [0.25, 0.3) is 0 Å². The van der Waals surface area contributed by atoms with E-state index < -0.39 is 36.0 Å². The first kappa shape index (κ1) is 26.5. The molecular formula is C23H34N4O5S. The van der Waals surface area contributed by atoms with Crippen LogP contribution in [0.5, 0.6) is 0 Å². The number of urea groups is 1. The highest BCUT2D eigenvalue weighted by atomic mass is 32.2. The van der Waals surface area contributed by atoms with Gasteiger partial charge in [-0.05, 0) is 42.4 Å². The zero-order valence-electron chi connectivity index (χ0n) is 19.8. The first-order chi connectivity index (χ1) is 15.6. The van der Waals surface area contributed by atoms with Gasteiger partial charge in [0.1, 0.15) is 18.1 Å². The predicted octanol–water partition coefficient (Wildman–Crippen LogP) is 2.92. The van der Waals surface area contributed by atoms with Crippen LogP contribution in [0.2, 0.25) is 0 Å². The van der Waals surface area contributed by atoms with Crippen molar-refractivity contribution in [3.8, 4) is 0 Å². The number of para-hydroxylation sites is 2. The quantitative estimate of drug-likeness (QED) is 0.409. The summed E-state index contributed by atoms with van der Waals surface area (Å²) in [5, 5.41) is 17.7. The summed E-state index contributed by atoms with van der Waals surface area (Å²) < 4.78 is 0. The van der Waals surface area contributed by atoms with Gasteiger partial charge in [0.15, 0.2) is 0 Å². The van der Waals surface area contributed by atoms with E-state index in [1.54, 1.807) is 24.3 Å². The molecule has 1 heterocycles. The number of carbonyl (C=O) groups is 4. The molecule has 0 bridgehead atoms. The molecule has 1 aliphatic rings. The molecule has 0 spiro atoms. The van der Waals surface area contributed by atoms with E-state index in [-0.39, 0.29) is 24.2 Å². The van der Waals surface area contributed by atoms with Gasteiger partial charge in [-0.3, -0.25) is 14.5 Å². The second-order valence-electron chi connectivity index (χ2n) is 8.56. The third kappa shape index (κ3) is 6.40. The molecule has 0 saturated heterocycles. The van der Waals surface area contributed by atoms with Gasteiger partial charge in [-0.15, -0.1) is 0 Å². The Labute approximate surface area is 199 Å². The largest absolute Gasteiger partial charge is 0.480 e. The van der Waals surface area contributed by atoms with Crippen molar-refractivity contribution in [1.29, 1.82) is 0 Å². The number of carboxylic acids is 1. The lowest BCUT2D eigenvalue weighted by atomic mass is 9.96. The zero-order valence-corrected chi connectivity index (χ0v) is 20.6. The summed E-state index contributed by atoms with van der Waals surface area (Å²) in [6, 6.07) is 3.66. The predicted molar refractivity (Wildman–Crippen MR) is 131 cm³/mol. The van der Waals surface area contributed by atoms with Crippen molar-refractivity contribution in [2.45, 2.75) is 58.7 Å². The van der Waals surface area contributed by atoms with Crippen molar-refractivity contribution in [3.63, 3.8) is 0 Å². The lowest BCUT2D eigenvalue weighted by molar-refractivity contribution is -0.142. The fourth-order valence-corrected chi connectivity index (χ4v) is 4.23. The normalized spacial score (nSPS) is 18.1. The maximum absolute atomic E-state index is 13.5. The first-order valence-corrected chi connectivity index (χ1v) is 12.5. The number of aliphatic carboxylic acids is 1. The van der Waals surface area contributed by atoms with Gasteiger partial charge in [-0.1, -0.05) is 46.2 Å². The maximum Gasteiger partial charge on any atom is 0.326 e. The molecule has 2 rings (SSSR count). The number of nitrogens with zero attached hydrogens (tertiary/aromatic N) is 1. The van der Waals surface area contributed by atoms with E-state index in [2.05, 4.69) is 16.0 Å². The number of anilines is 2. The van der Waals surface area contributed by atoms with Crippen molar-refractivity contribution in [2.75, 3.05) is 22.2 Å². The first-order valence-electron chi connectivity index (χ1n) is 11.1. The number of benzene rings is 1. The van der Waals surface area contributed by atoms with E-state index in [9.17, 15) is 24.3 Å². The number of carbonyl (C=O) groups excluding carboxylic acids is 3. The Bertz CT molecular complexity index is 878. The van der Waals surface area contributed by atoms with Gasteiger partial charge < -0.3 is 21.1 Å². The van der Waals surface area contributed by atoms with Crippen LogP contribution >= 0.6 is 11.8 Å². The Morgan fingerprint density at radius 2 is 1.85 bits per heavy atom. The van der Waals surface area contributed by atoms with Gasteiger partial charge in [0, 0.05) is 0 Å². The molecule has 4 atom stereocenters. The Hall–Kier alpha value is -2.75. The summed E-state index contributed by atoms with van der Waals surface area (Å²) in [6.07, 6.45) is 2.73. The summed E-state index contributed by atoms with van der Waals surface area (Å²) in [7, 11) is 0. The molecule has 1 aliphatic heterocycles. The van der Waals surface area contributed by atoms with Crippen molar-refractivity contribution >= 4 is 47.0 Å². The summed E-state index contributed by atoms with van der Waals surface area (Å²) in [5.74, 6) is -1.83. The van der Waals surface area contributed by atoms with Crippen LogP contribution in [0, 0.1) is 11.8 Å². The van der Waals surface area contributed by atoms with Crippen LogP contribution in [0.15, 0.2) is 24.3 Å². The number of nitrogens with one attached hydrogen (secondary N) is 3. The fourth-order valence-electron chi connectivity index (χ4n) is 3.76. The molecular weight excluding hydrogens is 444 g/mol. The number of carboxylic acid groups (broad SMARTS) is 1. The van der Waals surface area contributed by atoms with E-state index in [1.165, 1.54) is 16.7 Å². The average molecular weight is 479 g/mol.